The van der Waals surface area contributed by atoms with Gasteiger partial charge >= 0.3 is 0 Å². The molecule has 2 atom stereocenters. The third-order valence-electron chi connectivity index (χ3n) is 1.80. The Morgan fingerprint density at radius 2 is 2.36 bits per heavy atom. The molecule has 58 valence electrons. The number of allylic oxidation sites excluding steroid dienone is 4. The van der Waals surface area contributed by atoms with Crippen molar-refractivity contribution in [3.8, 4) is 0 Å². The Kier molecular flexibility index (Phi) is 2.26. The molecule has 11 heavy (non-hydrogen) atoms. The third-order valence-corrected chi connectivity index (χ3v) is 1.80. The van der Waals surface area contributed by atoms with Crippen LogP contribution >= 0.6 is 0 Å². The highest BCUT2D eigenvalue weighted by atomic mass is 16.3. The van der Waals surface area contributed by atoms with Gasteiger partial charge in [-0.05, 0) is 6.08 Å². The number of rotatable bonds is 2. The van der Waals surface area contributed by atoms with Crippen LogP contribution in [0.1, 0.15) is 0 Å². The molecule has 0 aromatic carbocycles. The van der Waals surface area contributed by atoms with Gasteiger partial charge in [-0.25, -0.2) is 0 Å². The lowest BCUT2D eigenvalue weighted by Crippen LogP contribution is -2.16. The van der Waals surface area contributed by atoms with Crippen molar-refractivity contribution in [3.05, 3.63) is 36.6 Å². The zero-order valence-electron chi connectivity index (χ0n) is 6.20. The fourth-order valence-corrected chi connectivity index (χ4v) is 1.15. The van der Waals surface area contributed by atoms with Gasteiger partial charge in [0.1, 0.15) is 5.76 Å². The maximum atomic E-state index is 9.31. The summed E-state index contributed by atoms with van der Waals surface area (Å²) in [7, 11) is 0. The zero-order valence-corrected chi connectivity index (χ0v) is 6.20. The van der Waals surface area contributed by atoms with E-state index in [0.29, 0.717) is 0 Å². The lowest BCUT2D eigenvalue weighted by molar-refractivity contribution is 0.341. The van der Waals surface area contributed by atoms with E-state index in [9.17, 15) is 5.11 Å². The number of aliphatic hydroxyl groups is 1. The molecule has 0 bridgehead atoms. The molecule has 2 heteroatoms. The highest BCUT2D eigenvalue weighted by Gasteiger charge is 2.19. The van der Waals surface area contributed by atoms with E-state index >= 15 is 0 Å². The zero-order chi connectivity index (χ0) is 8.27. The Morgan fingerprint density at radius 3 is 2.82 bits per heavy atom. The fraction of sp³-hybridized carbons (Fsp3) is 0.222. The first kappa shape index (κ1) is 7.79. The Hall–Kier alpha value is -1.31. The van der Waals surface area contributed by atoms with Gasteiger partial charge in [0.05, 0.1) is 0 Å². The van der Waals surface area contributed by atoms with Crippen LogP contribution in [0.3, 0.4) is 0 Å². The van der Waals surface area contributed by atoms with Gasteiger partial charge in [0.25, 0.3) is 0 Å². The Bertz CT molecular complexity index is 228. The van der Waals surface area contributed by atoms with Gasteiger partial charge < -0.3 is 10.5 Å². The second-order valence-corrected chi connectivity index (χ2v) is 2.48. The van der Waals surface area contributed by atoms with Crippen molar-refractivity contribution >= 4 is 6.21 Å². The van der Waals surface area contributed by atoms with Gasteiger partial charge in [0.2, 0.25) is 0 Å². The number of aliphatic hydroxyl groups excluding tert-OH is 1. The van der Waals surface area contributed by atoms with E-state index in [1.165, 1.54) is 6.21 Å². The summed E-state index contributed by atoms with van der Waals surface area (Å²) in [6.07, 6.45) is 8.23. The lowest BCUT2D eigenvalue weighted by Gasteiger charge is -2.19. The predicted molar refractivity (Wildman–Crippen MR) is 45.8 cm³/mol. The monoisotopic (exact) mass is 149 g/mol. The van der Waals surface area contributed by atoms with Crippen LogP contribution in [0.5, 0.6) is 0 Å². The van der Waals surface area contributed by atoms with Gasteiger partial charge in [-0.15, -0.1) is 6.58 Å². The van der Waals surface area contributed by atoms with Gasteiger partial charge in [-0.2, -0.15) is 0 Å². The Balaban J connectivity index is 2.86. The van der Waals surface area contributed by atoms with E-state index in [2.05, 4.69) is 6.58 Å². The molecule has 1 rings (SSSR count). The minimum Gasteiger partial charge on any atom is -0.512 e. The highest BCUT2D eigenvalue weighted by Crippen LogP contribution is 2.23. The summed E-state index contributed by atoms with van der Waals surface area (Å²) in [5, 5.41) is 16.4. The van der Waals surface area contributed by atoms with Crippen LogP contribution in [0.2, 0.25) is 0 Å². The fourth-order valence-electron chi connectivity index (χ4n) is 1.15. The molecule has 0 aliphatic heterocycles. The van der Waals surface area contributed by atoms with E-state index in [-0.39, 0.29) is 17.6 Å². The van der Waals surface area contributed by atoms with Crippen LogP contribution in [-0.2, 0) is 0 Å². The maximum absolute atomic E-state index is 9.31. The molecule has 1 aliphatic rings. The molecule has 0 saturated heterocycles. The molecule has 2 unspecified atom stereocenters. The third kappa shape index (κ3) is 1.40. The first-order valence-electron chi connectivity index (χ1n) is 3.50. The molecule has 2 N–H and O–H groups in total. The quantitative estimate of drug-likeness (QED) is 0.458. The van der Waals surface area contributed by atoms with Crippen LogP contribution in [0.25, 0.3) is 0 Å². The van der Waals surface area contributed by atoms with Crippen molar-refractivity contribution in [2.24, 2.45) is 11.8 Å². The SMILES string of the molecule is C=CC1C(O)=CC=CC1C=N. The lowest BCUT2D eigenvalue weighted by atomic mass is 9.88. The molecule has 2 nitrogen and oxygen atoms in total. The van der Waals surface area contributed by atoms with Crippen LogP contribution in [0.15, 0.2) is 36.6 Å². The summed E-state index contributed by atoms with van der Waals surface area (Å²) in [6, 6.07) is 0. The molecule has 1 aliphatic carbocycles. The number of hydrogen-bond donors (Lipinski definition) is 2. The topological polar surface area (TPSA) is 44.1 Å². The largest absolute Gasteiger partial charge is 0.512 e. The molecular weight excluding hydrogens is 138 g/mol. The second-order valence-electron chi connectivity index (χ2n) is 2.48. The minimum atomic E-state index is -0.113. The summed E-state index contributed by atoms with van der Waals surface area (Å²) in [5.41, 5.74) is 0. The smallest absolute Gasteiger partial charge is 0.100 e. The molecule has 0 fully saturated rings. The Morgan fingerprint density at radius 1 is 1.64 bits per heavy atom. The van der Waals surface area contributed by atoms with Crippen molar-refractivity contribution in [2.75, 3.05) is 0 Å². The second kappa shape index (κ2) is 3.19. The van der Waals surface area contributed by atoms with E-state index in [1.54, 1.807) is 18.2 Å². The van der Waals surface area contributed by atoms with E-state index in [4.69, 9.17) is 5.41 Å². The highest BCUT2D eigenvalue weighted by molar-refractivity contribution is 5.62. The first-order chi connectivity index (χ1) is 5.29. The summed E-state index contributed by atoms with van der Waals surface area (Å²) >= 11 is 0. The standard InChI is InChI=1S/C9H11NO/c1-2-8-7(6-10)4-3-5-9(8)11/h2-8,10-11H,1H2. The minimum absolute atomic E-state index is 0.0301. The normalized spacial score (nSPS) is 29.3. The summed E-state index contributed by atoms with van der Waals surface area (Å²) in [6.45, 7) is 3.59. The van der Waals surface area contributed by atoms with Crippen molar-refractivity contribution in [2.45, 2.75) is 0 Å². The molecule has 0 aromatic rings. The van der Waals surface area contributed by atoms with Gasteiger partial charge in [-0.1, -0.05) is 18.2 Å². The van der Waals surface area contributed by atoms with Crippen molar-refractivity contribution in [3.63, 3.8) is 0 Å². The van der Waals surface area contributed by atoms with E-state index < -0.39 is 0 Å². The van der Waals surface area contributed by atoms with Crippen LogP contribution in [-0.4, -0.2) is 11.3 Å². The van der Waals surface area contributed by atoms with E-state index in [0.717, 1.165) is 0 Å². The molecule has 0 spiro atoms. The van der Waals surface area contributed by atoms with Crippen LogP contribution in [0.4, 0.5) is 0 Å². The number of nitrogens with one attached hydrogen (secondary N) is 1. The van der Waals surface area contributed by atoms with Crippen LogP contribution < -0.4 is 0 Å². The number of hydrogen-bond acceptors (Lipinski definition) is 2. The maximum Gasteiger partial charge on any atom is 0.100 e. The van der Waals surface area contributed by atoms with Crippen molar-refractivity contribution in [1.29, 1.82) is 5.41 Å². The van der Waals surface area contributed by atoms with Crippen molar-refractivity contribution < 1.29 is 5.11 Å². The molecule has 0 amide bonds. The van der Waals surface area contributed by atoms with Gasteiger partial charge in [0, 0.05) is 18.1 Å². The summed E-state index contributed by atoms with van der Waals surface area (Å²) in [4.78, 5) is 0. The van der Waals surface area contributed by atoms with Crippen molar-refractivity contribution in [1.82, 2.24) is 0 Å². The molecular formula is C9H11NO. The average Bonchev–Trinajstić information content (AvgIpc) is 2.04. The first-order valence-corrected chi connectivity index (χ1v) is 3.50. The average molecular weight is 149 g/mol. The molecule has 0 aromatic heterocycles. The van der Waals surface area contributed by atoms with Gasteiger partial charge in [-0.3, -0.25) is 0 Å². The molecule has 0 saturated carbocycles. The predicted octanol–water partition coefficient (Wildman–Crippen LogP) is 2.07. The Labute approximate surface area is 66.1 Å². The van der Waals surface area contributed by atoms with E-state index in [1.807, 2.05) is 6.08 Å². The van der Waals surface area contributed by atoms with Gasteiger partial charge in [0.15, 0.2) is 0 Å². The van der Waals surface area contributed by atoms with Crippen LogP contribution in [0, 0.1) is 17.2 Å². The summed E-state index contributed by atoms with van der Waals surface area (Å²) in [5.74, 6) is 0.144. The summed E-state index contributed by atoms with van der Waals surface area (Å²) < 4.78 is 0. The molecule has 0 radical (unpaired) electrons. The molecule has 0 heterocycles.